The highest BCUT2D eigenvalue weighted by Crippen LogP contribution is 2.03. The van der Waals surface area contributed by atoms with Crippen molar-refractivity contribution >= 4 is 17.7 Å². The third-order valence-corrected chi connectivity index (χ3v) is 2.92. The van der Waals surface area contributed by atoms with Gasteiger partial charge in [-0.1, -0.05) is 6.92 Å². The SMILES string of the molecule is CCNCCCOCCNC(=O)CCN1C(=O)C=CC1=O. The van der Waals surface area contributed by atoms with Crippen LogP contribution in [0.25, 0.3) is 0 Å². The van der Waals surface area contributed by atoms with E-state index in [1.807, 2.05) is 0 Å². The van der Waals surface area contributed by atoms with Crippen molar-refractivity contribution in [2.45, 2.75) is 19.8 Å². The van der Waals surface area contributed by atoms with Crippen LogP contribution >= 0.6 is 0 Å². The maximum Gasteiger partial charge on any atom is 0.253 e. The lowest BCUT2D eigenvalue weighted by Crippen LogP contribution is -2.35. The van der Waals surface area contributed by atoms with Crippen LogP contribution in [0.2, 0.25) is 0 Å². The second-order valence-corrected chi connectivity index (χ2v) is 4.58. The van der Waals surface area contributed by atoms with Gasteiger partial charge < -0.3 is 15.4 Å². The summed E-state index contributed by atoms with van der Waals surface area (Å²) in [4.78, 5) is 35.1. The molecular formula is C14H23N3O4. The van der Waals surface area contributed by atoms with Gasteiger partial charge in [-0.15, -0.1) is 0 Å². The minimum absolute atomic E-state index is 0.111. The molecule has 0 saturated heterocycles. The first-order chi connectivity index (χ1) is 10.1. The van der Waals surface area contributed by atoms with Crippen molar-refractivity contribution in [2.75, 3.05) is 39.4 Å². The monoisotopic (exact) mass is 297 g/mol. The zero-order valence-electron chi connectivity index (χ0n) is 12.4. The van der Waals surface area contributed by atoms with Crippen molar-refractivity contribution in [1.29, 1.82) is 0 Å². The Morgan fingerprint density at radius 2 is 1.90 bits per heavy atom. The molecule has 0 radical (unpaired) electrons. The Bertz CT molecular complexity index is 378. The van der Waals surface area contributed by atoms with Gasteiger partial charge in [0.05, 0.1) is 6.61 Å². The van der Waals surface area contributed by atoms with Gasteiger partial charge in [-0.05, 0) is 19.5 Å². The van der Waals surface area contributed by atoms with Crippen LogP contribution in [0.3, 0.4) is 0 Å². The van der Waals surface area contributed by atoms with E-state index in [1.165, 1.54) is 12.2 Å². The van der Waals surface area contributed by atoms with Crippen LogP contribution in [0.4, 0.5) is 0 Å². The van der Waals surface area contributed by atoms with E-state index >= 15 is 0 Å². The summed E-state index contributed by atoms with van der Waals surface area (Å²) >= 11 is 0. The number of ether oxygens (including phenoxy) is 1. The summed E-state index contributed by atoms with van der Waals surface area (Å²) in [5.41, 5.74) is 0. The Balaban J connectivity index is 1.97. The van der Waals surface area contributed by atoms with E-state index < -0.39 is 0 Å². The second-order valence-electron chi connectivity index (χ2n) is 4.58. The second kappa shape index (κ2) is 10.1. The minimum Gasteiger partial charge on any atom is -0.380 e. The molecular weight excluding hydrogens is 274 g/mol. The van der Waals surface area contributed by atoms with Crippen LogP contribution in [0.15, 0.2) is 12.2 Å². The van der Waals surface area contributed by atoms with E-state index in [0.29, 0.717) is 19.8 Å². The van der Waals surface area contributed by atoms with E-state index in [9.17, 15) is 14.4 Å². The lowest BCUT2D eigenvalue weighted by molar-refractivity contribution is -0.137. The summed E-state index contributed by atoms with van der Waals surface area (Å²) in [7, 11) is 0. The fraction of sp³-hybridized carbons (Fsp3) is 0.643. The number of carbonyl (C=O) groups excluding carboxylic acids is 3. The Morgan fingerprint density at radius 1 is 1.19 bits per heavy atom. The normalized spacial score (nSPS) is 14.0. The molecule has 0 aromatic heterocycles. The van der Waals surface area contributed by atoms with Crippen molar-refractivity contribution < 1.29 is 19.1 Å². The molecule has 21 heavy (non-hydrogen) atoms. The largest absolute Gasteiger partial charge is 0.380 e. The van der Waals surface area contributed by atoms with Crippen LogP contribution in [0.5, 0.6) is 0 Å². The molecule has 0 aromatic rings. The van der Waals surface area contributed by atoms with Gasteiger partial charge in [0.15, 0.2) is 0 Å². The molecule has 0 unspecified atom stereocenters. The molecule has 3 amide bonds. The fourth-order valence-corrected chi connectivity index (χ4v) is 1.79. The summed E-state index contributed by atoms with van der Waals surface area (Å²) in [5.74, 6) is -0.924. The van der Waals surface area contributed by atoms with Gasteiger partial charge >= 0.3 is 0 Å². The van der Waals surface area contributed by atoms with Crippen LogP contribution in [-0.2, 0) is 19.1 Å². The first-order valence-electron chi connectivity index (χ1n) is 7.24. The topological polar surface area (TPSA) is 87.7 Å². The van der Waals surface area contributed by atoms with Crippen molar-refractivity contribution in [1.82, 2.24) is 15.5 Å². The molecule has 0 saturated carbocycles. The highest BCUT2D eigenvalue weighted by atomic mass is 16.5. The van der Waals surface area contributed by atoms with Crippen molar-refractivity contribution in [3.8, 4) is 0 Å². The fourth-order valence-electron chi connectivity index (χ4n) is 1.79. The van der Waals surface area contributed by atoms with Crippen molar-refractivity contribution in [2.24, 2.45) is 0 Å². The number of hydrogen-bond acceptors (Lipinski definition) is 5. The van der Waals surface area contributed by atoms with E-state index in [1.54, 1.807) is 0 Å². The predicted molar refractivity (Wildman–Crippen MR) is 77.5 cm³/mol. The summed E-state index contributed by atoms with van der Waals surface area (Å²) in [6.45, 7) is 5.59. The molecule has 0 spiro atoms. The number of carbonyl (C=O) groups is 3. The number of imide groups is 1. The molecule has 7 nitrogen and oxygen atoms in total. The minimum atomic E-state index is -0.364. The maximum atomic E-state index is 11.5. The van der Waals surface area contributed by atoms with E-state index in [2.05, 4.69) is 17.6 Å². The van der Waals surface area contributed by atoms with Crippen molar-refractivity contribution in [3.63, 3.8) is 0 Å². The average Bonchev–Trinajstić information content (AvgIpc) is 2.78. The first kappa shape index (κ1) is 17.3. The van der Waals surface area contributed by atoms with Gasteiger partial charge in [0.1, 0.15) is 0 Å². The summed E-state index contributed by atoms with van der Waals surface area (Å²) in [6, 6.07) is 0. The predicted octanol–water partition coefficient (Wildman–Crippen LogP) is -0.566. The van der Waals surface area contributed by atoms with Crippen molar-refractivity contribution in [3.05, 3.63) is 12.2 Å². The van der Waals surface area contributed by atoms with Gasteiger partial charge in [0.25, 0.3) is 11.8 Å². The quantitative estimate of drug-likeness (QED) is 0.394. The molecule has 0 atom stereocenters. The van der Waals surface area contributed by atoms with Crippen LogP contribution < -0.4 is 10.6 Å². The molecule has 1 aliphatic heterocycles. The Morgan fingerprint density at radius 3 is 2.57 bits per heavy atom. The Hall–Kier alpha value is -1.73. The van der Waals surface area contributed by atoms with Gasteiger partial charge in [0.2, 0.25) is 5.91 Å². The number of nitrogens with zero attached hydrogens (tertiary/aromatic N) is 1. The number of amides is 3. The molecule has 0 aliphatic carbocycles. The first-order valence-corrected chi connectivity index (χ1v) is 7.24. The molecule has 0 bridgehead atoms. The third-order valence-electron chi connectivity index (χ3n) is 2.92. The third kappa shape index (κ3) is 7.01. The lowest BCUT2D eigenvalue weighted by atomic mass is 10.3. The summed E-state index contributed by atoms with van der Waals surface area (Å²) in [5, 5.41) is 5.88. The molecule has 0 fully saturated rings. The molecule has 7 heteroatoms. The average molecular weight is 297 g/mol. The van der Waals surface area contributed by atoms with Crippen LogP contribution in [0, 0.1) is 0 Å². The van der Waals surface area contributed by atoms with E-state index in [-0.39, 0.29) is 30.7 Å². The standard InChI is InChI=1S/C14H23N3O4/c1-2-15-7-3-10-21-11-8-16-12(18)6-9-17-13(19)4-5-14(17)20/h4-5,15H,2-3,6-11H2,1H3,(H,16,18). The highest BCUT2D eigenvalue weighted by Gasteiger charge is 2.23. The van der Waals surface area contributed by atoms with Gasteiger partial charge in [-0.3, -0.25) is 19.3 Å². The van der Waals surface area contributed by atoms with E-state index in [4.69, 9.17) is 4.74 Å². The summed E-state index contributed by atoms with van der Waals surface area (Å²) < 4.78 is 5.36. The van der Waals surface area contributed by atoms with Gasteiger partial charge in [-0.25, -0.2) is 0 Å². The smallest absolute Gasteiger partial charge is 0.253 e. The molecule has 0 aromatic carbocycles. The van der Waals surface area contributed by atoms with Crippen LogP contribution in [-0.4, -0.2) is 62.0 Å². The lowest BCUT2D eigenvalue weighted by Gasteiger charge is -2.13. The van der Waals surface area contributed by atoms with Gasteiger partial charge in [0, 0.05) is 38.3 Å². The molecule has 2 N–H and O–H groups in total. The zero-order valence-corrected chi connectivity index (χ0v) is 12.4. The number of nitrogens with one attached hydrogen (secondary N) is 2. The van der Waals surface area contributed by atoms with Crippen LogP contribution in [0.1, 0.15) is 19.8 Å². The summed E-state index contributed by atoms with van der Waals surface area (Å²) in [6.07, 6.45) is 3.47. The van der Waals surface area contributed by atoms with Gasteiger partial charge in [-0.2, -0.15) is 0 Å². The molecule has 1 aliphatic rings. The molecule has 1 heterocycles. The maximum absolute atomic E-state index is 11.5. The zero-order chi connectivity index (χ0) is 15.5. The molecule has 118 valence electrons. The highest BCUT2D eigenvalue weighted by molar-refractivity contribution is 6.13. The number of hydrogen-bond donors (Lipinski definition) is 2. The Kier molecular flexibility index (Phi) is 8.30. The Labute approximate surface area is 124 Å². The molecule has 1 rings (SSSR count). The number of rotatable bonds is 11. The van der Waals surface area contributed by atoms with E-state index in [0.717, 1.165) is 24.4 Å².